The van der Waals surface area contributed by atoms with E-state index in [-0.39, 0.29) is 23.0 Å². The van der Waals surface area contributed by atoms with Crippen LogP contribution in [0, 0.1) is 0 Å². The molecule has 0 aliphatic rings. The minimum atomic E-state index is -0.377. The van der Waals surface area contributed by atoms with Gasteiger partial charge in [-0.3, -0.25) is 14.9 Å². The average molecular weight is 432 g/mol. The number of benzene rings is 2. The Morgan fingerprint density at radius 1 is 1.07 bits per heavy atom. The van der Waals surface area contributed by atoms with Crippen molar-refractivity contribution >= 4 is 67.9 Å². The van der Waals surface area contributed by atoms with E-state index in [1.807, 2.05) is 38.1 Å². The minimum absolute atomic E-state index is 0.0375. The molecule has 3 rings (SSSR count). The zero-order valence-electron chi connectivity index (χ0n) is 15.2. The first-order valence-corrected chi connectivity index (χ1v) is 10.2. The maximum Gasteiger partial charge on any atom is 0.269 e. The number of carbonyl (C=O) groups excluding carboxylic acids is 2. The Bertz CT molecular complexity index is 1060. The third-order valence-electron chi connectivity index (χ3n) is 3.77. The summed E-state index contributed by atoms with van der Waals surface area (Å²) >= 11 is 12.9. The Hall–Kier alpha value is -2.48. The van der Waals surface area contributed by atoms with Crippen LogP contribution in [0.5, 0.6) is 0 Å². The highest BCUT2D eigenvalue weighted by molar-refractivity contribution is 7.80. The van der Waals surface area contributed by atoms with E-state index in [4.69, 9.17) is 23.8 Å². The zero-order valence-corrected chi connectivity index (χ0v) is 17.6. The van der Waals surface area contributed by atoms with E-state index in [1.54, 1.807) is 24.3 Å². The van der Waals surface area contributed by atoms with Crippen molar-refractivity contribution in [3.8, 4) is 0 Å². The molecule has 8 heteroatoms. The summed E-state index contributed by atoms with van der Waals surface area (Å²) in [6.07, 6.45) is 0. The number of nitrogens with one attached hydrogen (secondary N) is 3. The van der Waals surface area contributed by atoms with E-state index in [0.717, 1.165) is 10.1 Å². The molecule has 1 heterocycles. The van der Waals surface area contributed by atoms with Crippen molar-refractivity contribution in [2.24, 2.45) is 0 Å². The van der Waals surface area contributed by atoms with Gasteiger partial charge in [0.1, 0.15) is 4.88 Å². The number of amides is 2. The van der Waals surface area contributed by atoms with Crippen LogP contribution < -0.4 is 16.0 Å². The van der Waals surface area contributed by atoms with E-state index in [2.05, 4.69) is 16.0 Å². The van der Waals surface area contributed by atoms with E-state index >= 15 is 0 Å². The van der Waals surface area contributed by atoms with Gasteiger partial charge in [0, 0.05) is 27.4 Å². The molecule has 0 saturated heterocycles. The molecule has 1 aromatic heterocycles. The predicted octanol–water partition coefficient (Wildman–Crippen LogP) is 4.82. The highest BCUT2D eigenvalue weighted by Gasteiger charge is 2.18. The molecular formula is C20H18ClN3O2S2. The van der Waals surface area contributed by atoms with Crippen molar-refractivity contribution in [2.45, 2.75) is 19.9 Å². The molecule has 0 atom stereocenters. The van der Waals surface area contributed by atoms with E-state index < -0.39 is 0 Å². The monoisotopic (exact) mass is 431 g/mol. The van der Waals surface area contributed by atoms with E-state index in [9.17, 15) is 9.59 Å². The van der Waals surface area contributed by atoms with Gasteiger partial charge in [-0.05, 0) is 50.3 Å². The van der Waals surface area contributed by atoms with E-state index in [1.165, 1.54) is 11.3 Å². The van der Waals surface area contributed by atoms with Crippen molar-refractivity contribution in [3.63, 3.8) is 0 Å². The molecule has 0 saturated carbocycles. The fourth-order valence-corrected chi connectivity index (χ4v) is 4.19. The first-order valence-electron chi connectivity index (χ1n) is 8.55. The number of hydrogen-bond donors (Lipinski definition) is 3. The largest absolute Gasteiger partial charge is 0.350 e. The van der Waals surface area contributed by atoms with Crippen molar-refractivity contribution in [3.05, 3.63) is 64.0 Å². The number of thiophene rings is 1. The average Bonchev–Trinajstić information content (AvgIpc) is 2.98. The van der Waals surface area contributed by atoms with Gasteiger partial charge in [0.05, 0.1) is 5.02 Å². The summed E-state index contributed by atoms with van der Waals surface area (Å²) < 4.78 is 0.931. The number of halogens is 1. The molecule has 0 aliphatic heterocycles. The van der Waals surface area contributed by atoms with Crippen LogP contribution in [-0.4, -0.2) is 23.0 Å². The van der Waals surface area contributed by atoms with Crippen molar-refractivity contribution < 1.29 is 9.59 Å². The van der Waals surface area contributed by atoms with Gasteiger partial charge in [-0.15, -0.1) is 11.3 Å². The molecule has 5 nitrogen and oxygen atoms in total. The summed E-state index contributed by atoms with van der Waals surface area (Å²) in [6.45, 7) is 3.79. The number of anilines is 1. The van der Waals surface area contributed by atoms with Crippen LogP contribution in [0.2, 0.25) is 5.02 Å². The smallest absolute Gasteiger partial charge is 0.269 e. The van der Waals surface area contributed by atoms with Crippen molar-refractivity contribution in [1.82, 2.24) is 10.6 Å². The van der Waals surface area contributed by atoms with Gasteiger partial charge in [-0.25, -0.2) is 0 Å². The molecule has 144 valence electrons. The second-order valence-electron chi connectivity index (χ2n) is 6.36. The second-order valence-corrected chi connectivity index (χ2v) is 8.20. The SMILES string of the molecule is CC(C)NC(=O)c1cccc(NC(=S)NC(=O)c2sc3ccccc3c2Cl)c1. The van der Waals surface area contributed by atoms with Gasteiger partial charge >= 0.3 is 0 Å². The second kappa shape index (κ2) is 8.68. The fourth-order valence-electron chi connectivity index (χ4n) is 2.57. The first-order chi connectivity index (χ1) is 13.3. The summed E-state index contributed by atoms with van der Waals surface area (Å²) in [5.41, 5.74) is 1.10. The zero-order chi connectivity index (χ0) is 20.3. The Balaban J connectivity index is 1.69. The van der Waals surface area contributed by atoms with Crippen LogP contribution in [-0.2, 0) is 0 Å². The molecule has 3 N–H and O–H groups in total. The van der Waals surface area contributed by atoms with Crippen molar-refractivity contribution in [1.29, 1.82) is 0 Å². The van der Waals surface area contributed by atoms with E-state index in [0.29, 0.717) is 21.2 Å². The highest BCUT2D eigenvalue weighted by atomic mass is 35.5. The lowest BCUT2D eigenvalue weighted by molar-refractivity contribution is 0.0941. The molecule has 3 aromatic rings. The lowest BCUT2D eigenvalue weighted by atomic mass is 10.2. The third-order valence-corrected chi connectivity index (χ3v) is 5.65. The Morgan fingerprint density at radius 2 is 1.82 bits per heavy atom. The third kappa shape index (κ3) is 4.67. The molecule has 2 amide bonds. The first kappa shape index (κ1) is 20.3. The topological polar surface area (TPSA) is 70.2 Å². The van der Waals surface area contributed by atoms with Gasteiger partial charge in [-0.2, -0.15) is 0 Å². The molecule has 0 fully saturated rings. The highest BCUT2D eigenvalue weighted by Crippen LogP contribution is 2.34. The number of fused-ring (bicyclic) bond motifs is 1. The standard InChI is InChI=1S/C20H18ClN3O2S2/c1-11(2)22-18(25)12-6-5-7-13(10-12)23-20(27)24-19(26)17-16(21)14-8-3-4-9-15(14)28-17/h3-11H,1-2H3,(H,22,25)(H2,23,24,26,27). The Morgan fingerprint density at radius 3 is 2.54 bits per heavy atom. The summed E-state index contributed by atoms with van der Waals surface area (Å²) in [6, 6.07) is 14.5. The molecule has 0 aliphatic carbocycles. The van der Waals surface area contributed by atoms with Crippen LogP contribution in [0.1, 0.15) is 33.9 Å². The maximum atomic E-state index is 12.6. The Labute approximate surface area is 177 Å². The van der Waals surface area contributed by atoms with Gasteiger partial charge in [0.15, 0.2) is 5.11 Å². The van der Waals surface area contributed by atoms with Gasteiger partial charge < -0.3 is 10.6 Å². The molecule has 28 heavy (non-hydrogen) atoms. The summed E-state index contributed by atoms with van der Waals surface area (Å²) in [4.78, 5) is 25.1. The number of hydrogen-bond acceptors (Lipinski definition) is 4. The van der Waals surface area contributed by atoms with Crippen molar-refractivity contribution in [2.75, 3.05) is 5.32 Å². The normalized spacial score (nSPS) is 10.7. The lowest BCUT2D eigenvalue weighted by Crippen LogP contribution is -2.34. The molecule has 0 spiro atoms. The lowest BCUT2D eigenvalue weighted by Gasteiger charge is -2.12. The quantitative estimate of drug-likeness (QED) is 0.518. The summed E-state index contributed by atoms with van der Waals surface area (Å²) in [5.74, 6) is -0.553. The van der Waals surface area contributed by atoms with Crippen LogP contribution in [0.3, 0.4) is 0 Å². The Kier molecular flexibility index (Phi) is 6.28. The summed E-state index contributed by atoms with van der Waals surface area (Å²) in [7, 11) is 0. The minimum Gasteiger partial charge on any atom is -0.350 e. The van der Waals surface area contributed by atoms with Gasteiger partial charge in [0.25, 0.3) is 11.8 Å². The molecule has 0 bridgehead atoms. The van der Waals surface area contributed by atoms with Crippen LogP contribution in [0.25, 0.3) is 10.1 Å². The van der Waals surface area contributed by atoms with Gasteiger partial charge in [0.2, 0.25) is 0 Å². The number of carbonyl (C=O) groups is 2. The number of thiocarbonyl (C=S) groups is 1. The molecule has 0 unspecified atom stereocenters. The maximum absolute atomic E-state index is 12.6. The van der Waals surface area contributed by atoms with Crippen LogP contribution >= 0.6 is 35.2 Å². The predicted molar refractivity (Wildman–Crippen MR) is 120 cm³/mol. The molecular weight excluding hydrogens is 414 g/mol. The molecule has 0 radical (unpaired) electrons. The summed E-state index contributed by atoms with van der Waals surface area (Å²) in [5, 5.41) is 9.76. The fraction of sp³-hybridized carbons (Fsp3) is 0.150. The molecule has 2 aromatic carbocycles. The van der Waals surface area contributed by atoms with Gasteiger partial charge in [-0.1, -0.05) is 35.9 Å². The van der Waals surface area contributed by atoms with Crippen LogP contribution in [0.15, 0.2) is 48.5 Å². The number of rotatable bonds is 4. The van der Waals surface area contributed by atoms with Crippen LogP contribution in [0.4, 0.5) is 5.69 Å².